The van der Waals surface area contributed by atoms with E-state index in [-0.39, 0.29) is 24.7 Å². The lowest BCUT2D eigenvalue weighted by Crippen LogP contribution is -2.44. The highest BCUT2D eigenvalue weighted by molar-refractivity contribution is 7.09. The van der Waals surface area contributed by atoms with Crippen molar-refractivity contribution in [3.63, 3.8) is 0 Å². The first-order valence-corrected chi connectivity index (χ1v) is 12.8. The van der Waals surface area contributed by atoms with Crippen molar-refractivity contribution in [2.75, 3.05) is 31.6 Å². The van der Waals surface area contributed by atoms with Crippen LogP contribution in [0.2, 0.25) is 0 Å². The van der Waals surface area contributed by atoms with Crippen LogP contribution >= 0.6 is 11.3 Å². The number of rotatable bonds is 12. The van der Waals surface area contributed by atoms with E-state index in [0.717, 1.165) is 22.6 Å². The van der Waals surface area contributed by atoms with Crippen LogP contribution in [0.5, 0.6) is 0 Å². The second kappa shape index (κ2) is 13.8. The summed E-state index contributed by atoms with van der Waals surface area (Å²) in [5.74, 6) is -0.240. The number of alkyl halides is 3. The molecular weight excluding hydrogens is 503 g/mol. The van der Waals surface area contributed by atoms with E-state index in [1.54, 1.807) is 16.2 Å². The molecule has 3 amide bonds. The van der Waals surface area contributed by atoms with E-state index in [4.69, 9.17) is 4.74 Å². The van der Waals surface area contributed by atoms with Gasteiger partial charge in [-0.2, -0.15) is 13.2 Å². The van der Waals surface area contributed by atoms with Gasteiger partial charge in [0.1, 0.15) is 6.54 Å². The summed E-state index contributed by atoms with van der Waals surface area (Å²) in [7, 11) is 0. The highest BCUT2D eigenvalue weighted by atomic mass is 32.1. The van der Waals surface area contributed by atoms with Crippen molar-refractivity contribution in [3.05, 3.63) is 88.1 Å². The number of hydrogen-bond donors (Lipinski definition) is 1. The first-order valence-electron chi connectivity index (χ1n) is 11.9. The van der Waals surface area contributed by atoms with Gasteiger partial charge in [-0.15, -0.1) is 11.3 Å². The van der Waals surface area contributed by atoms with Gasteiger partial charge in [-0.1, -0.05) is 36.4 Å². The molecule has 6 nitrogen and oxygen atoms in total. The second-order valence-corrected chi connectivity index (χ2v) is 9.32. The molecule has 0 aliphatic rings. The van der Waals surface area contributed by atoms with E-state index in [0.29, 0.717) is 32.7 Å². The minimum atomic E-state index is -4.47. The molecule has 0 aliphatic carbocycles. The van der Waals surface area contributed by atoms with Crippen LogP contribution in [-0.2, 0) is 28.8 Å². The molecule has 2 aromatic carbocycles. The number of hydrogen-bond acceptors (Lipinski definition) is 4. The van der Waals surface area contributed by atoms with Crippen molar-refractivity contribution < 1.29 is 27.5 Å². The monoisotopic (exact) mass is 533 g/mol. The van der Waals surface area contributed by atoms with Gasteiger partial charge in [0.2, 0.25) is 5.91 Å². The number of nitrogens with one attached hydrogen (secondary N) is 1. The molecule has 198 valence electrons. The highest BCUT2D eigenvalue weighted by Crippen LogP contribution is 2.29. The van der Waals surface area contributed by atoms with Gasteiger partial charge in [0.15, 0.2) is 0 Å². The molecule has 0 radical (unpaired) electrons. The predicted octanol–water partition coefficient (Wildman–Crippen LogP) is 6.26. The fourth-order valence-corrected chi connectivity index (χ4v) is 4.31. The predicted molar refractivity (Wildman–Crippen MR) is 138 cm³/mol. The van der Waals surface area contributed by atoms with Crippen LogP contribution in [0.3, 0.4) is 0 Å². The smallest absolute Gasteiger partial charge is 0.382 e. The molecule has 0 fully saturated rings. The van der Waals surface area contributed by atoms with Gasteiger partial charge in [0, 0.05) is 36.9 Å². The minimum Gasteiger partial charge on any atom is -0.382 e. The largest absolute Gasteiger partial charge is 0.416 e. The summed E-state index contributed by atoms with van der Waals surface area (Å²) < 4.78 is 44.0. The van der Waals surface area contributed by atoms with E-state index in [1.807, 2.05) is 54.8 Å². The van der Waals surface area contributed by atoms with Crippen molar-refractivity contribution in [2.45, 2.75) is 32.6 Å². The number of benzene rings is 2. The fourth-order valence-electron chi connectivity index (χ4n) is 3.59. The van der Waals surface area contributed by atoms with E-state index >= 15 is 0 Å². The Morgan fingerprint density at radius 3 is 2.30 bits per heavy atom. The van der Waals surface area contributed by atoms with Crippen LogP contribution in [0.4, 0.5) is 23.7 Å². The minimum absolute atomic E-state index is 0.184. The zero-order valence-corrected chi connectivity index (χ0v) is 21.4. The van der Waals surface area contributed by atoms with E-state index in [9.17, 15) is 22.8 Å². The molecule has 0 spiro atoms. The summed E-state index contributed by atoms with van der Waals surface area (Å²) in [6.45, 7) is 3.65. The standard InChI is InChI=1S/C27H30F3N3O3S/c1-2-36-16-7-15-32(26(35)31-23-13-11-22(12-14-23)27(28,29)30)20-25(34)33(19-24-10-6-17-37-24)18-21-8-4-3-5-9-21/h3-6,8-14,17H,2,7,15-16,18-20H2,1H3,(H,31,35). The van der Waals surface area contributed by atoms with Gasteiger partial charge in [0.05, 0.1) is 12.1 Å². The average Bonchev–Trinajstić information content (AvgIpc) is 3.39. The van der Waals surface area contributed by atoms with Gasteiger partial charge < -0.3 is 19.9 Å². The number of carbonyl (C=O) groups is 2. The van der Waals surface area contributed by atoms with E-state index in [2.05, 4.69) is 5.32 Å². The summed E-state index contributed by atoms with van der Waals surface area (Å²) in [4.78, 5) is 30.6. The van der Waals surface area contributed by atoms with Crippen molar-refractivity contribution in [1.29, 1.82) is 0 Å². The Morgan fingerprint density at radius 1 is 0.946 bits per heavy atom. The third-order valence-corrected chi connectivity index (χ3v) is 6.35. The lowest BCUT2D eigenvalue weighted by molar-refractivity contribution is -0.137. The van der Waals surface area contributed by atoms with Gasteiger partial charge in [-0.05, 0) is 54.6 Å². The lowest BCUT2D eigenvalue weighted by Gasteiger charge is -2.28. The quantitative estimate of drug-likeness (QED) is 0.280. The Balaban J connectivity index is 1.73. The topological polar surface area (TPSA) is 61.9 Å². The van der Waals surface area contributed by atoms with Gasteiger partial charge in [-0.3, -0.25) is 4.79 Å². The summed E-state index contributed by atoms with van der Waals surface area (Å²) in [5.41, 5.74) is 0.365. The maximum absolute atomic E-state index is 13.4. The van der Waals surface area contributed by atoms with E-state index in [1.165, 1.54) is 17.0 Å². The Hall–Kier alpha value is -3.37. The Labute approximate surface area is 218 Å². The number of carbonyl (C=O) groups excluding carboxylic acids is 2. The van der Waals surface area contributed by atoms with Crippen LogP contribution in [0.25, 0.3) is 0 Å². The maximum atomic E-state index is 13.4. The number of urea groups is 1. The number of nitrogens with zero attached hydrogens (tertiary/aromatic N) is 2. The number of thiophene rings is 1. The summed E-state index contributed by atoms with van der Waals surface area (Å²) in [6.07, 6.45) is -3.96. The molecule has 0 saturated heterocycles. The molecular formula is C27H30F3N3O3S. The molecule has 3 aromatic rings. The third-order valence-electron chi connectivity index (χ3n) is 5.49. The second-order valence-electron chi connectivity index (χ2n) is 8.29. The molecule has 0 atom stereocenters. The van der Waals surface area contributed by atoms with Crippen LogP contribution in [0.15, 0.2) is 72.1 Å². The molecule has 1 aromatic heterocycles. The molecule has 0 aliphatic heterocycles. The summed E-state index contributed by atoms with van der Waals surface area (Å²) in [5, 5.41) is 4.55. The van der Waals surface area contributed by atoms with Crippen molar-refractivity contribution in [3.8, 4) is 0 Å². The first kappa shape index (κ1) is 28.2. The lowest BCUT2D eigenvalue weighted by atomic mass is 10.2. The summed E-state index contributed by atoms with van der Waals surface area (Å²) >= 11 is 1.54. The third kappa shape index (κ3) is 9.22. The normalized spacial score (nSPS) is 11.2. The zero-order valence-electron chi connectivity index (χ0n) is 20.5. The molecule has 0 unspecified atom stereocenters. The highest BCUT2D eigenvalue weighted by Gasteiger charge is 2.30. The average molecular weight is 534 g/mol. The van der Waals surface area contributed by atoms with Gasteiger partial charge in [-0.25, -0.2) is 4.79 Å². The number of amides is 3. The molecule has 3 rings (SSSR count). The van der Waals surface area contributed by atoms with Crippen molar-refractivity contribution in [1.82, 2.24) is 9.80 Å². The van der Waals surface area contributed by atoms with Gasteiger partial charge in [0.25, 0.3) is 0 Å². The van der Waals surface area contributed by atoms with Crippen molar-refractivity contribution in [2.24, 2.45) is 0 Å². The molecule has 1 N–H and O–H groups in total. The SMILES string of the molecule is CCOCCCN(CC(=O)N(Cc1ccccc1)Cc1cccs1)C(=O)Nc1ccc(C(F)(F)F)cc1. The molecule has 0 saturated carbocycles. The number of ether oxygens (including phenoxy) is 1. The van der Waals surface area contributed by atoms with Crippen LogP contribution in [0.1, 0.15) is 29.3 Å². The van der Waals surface area contributed by atoms with Gasteiger partial charge >= 0.3 is 12.2 Å². The first-order chi connectivity index (χ1) is 17.8. The molecule has 37 heavy (non-hydrogen) atoms. The number of halogens is 3. The van der Waals surface area contributed by atoms with E-state index < -0.39 is 17.8 Å². The Morgan fingerprint density at radius 2 is 1.68 bits per heavy atom. The fraction of sp³-hybridized carbons (Fsp3) is 0.333. The Kier molecular flexibility index (Phi) is 10.5. The van der Waals surface area contributed by atoms with Crippen LogP contribution in [0, 0.1) is 0 Å². The maximum Gasteiger partial charge on any atom is 0.416 e. The Bertz CT molecular complexity index is 1110. The number of anilines is 1. The van der Waals surface area contributed by atoms with Crippen LogP contribution in [-0.4, -0.2) is 48.0 Å². The zero-order chi connectivity index (χ0) is 26.7. The van der Waals surface area contributed by atoms with Crippen molar-refractivity contribution >= 4 is 29.0 Å². The summed E-state index contributed by atoms with van der Waals surface area (Å²) in [6, 6.07) is 17.1. The van der Waals surface area contributed by atoms with Crippen LogP contribution < -0.4 is 5.32 Å². The molecule has 10 heteroatoms. The molecule has 0 bridgehead atoms. The molecule has 1 heterocycles.